The van der Waals surface area contributed by atoms with Crippen molar-refractivity contribution in [3.05, 3.63) is 73.1 Å². The number of hydrogen-bond donors (Lipinski definition) is 1. The molecule has 1 N–H and O–H groups in total. The predicted octanol–water partition coefficient (Wildman–Crippen LogP) is 6.64. The molecular weight excluding hydrogens is 639 g/mol. The fraction of sp³-hybridized carbons (Fsp3) is 0.296. The Morgan fingerprint density at radius 2 is 1.76 bits per heavy atom. The molecule has 1 fully saturated rings. The lowest BCUT2D eigenvalue weighted by Gasteiger charge is -2.28. The minimum Gasteiger partial charge on any atom is -0.495 e. The highest BCUT2D eigenvalue weighted by molar-refractivity contribution is 7.99. The summed E-state index contributed by atoms with van der Waals surface area (Å²) in [5, 5.41) is -3.71. The average Bonchev–Trinajstić information content (AvgIpc) is 3.37. The normalized spacial score (nSPS) is 15.0. The molecule has 222 valence electrons. The van der Waals surface area contributed by atoms with E-state index < -0.39 is 34.2 Å². The number of nitrogens with one attached hydrogen (secondary N) is 1. The van der Waals surface area contributed by atoms with Crippen LogP contribution in [0.3, 0.4) is 0 Å². The molecule has 1 saturated heterocycles. The summed E-state index contributed by atoms with van der Waals surface area (Å²) in [5.74, 6) is -0.0686. The van der Waals surface area contributed by atoms with Crippen LogP contribution in [0.1, 0.15) is 33.6 Å². The molecule has 0 spiro atoms. The first kappa shape index (κ1) is 30.3. The molecule has 3 aromatic rings. The van der Waals surface area contributed by atoms with Crippen LogP contribution in [-0.4, -0.2) is 49.3 Å². The summed E-state index contributed by atoms with van der Waals surface area (Å²) in [7, 11) is 2.85. The molecule has 2 amide bonds. The van der Waals surface area contributed by atoms with Gasteiger partial charge in [-0.05, 0) is 59.5 Å². The van der Waals surface area contributed by atoms with Gasteiger partial charge in [-0.25, -0.2) is 4.79 Å². The predicted molar refractivity (Wildman–Crippen MR) is 154 cm³/mol. The molecule has 0 atom stereocenters. The van der Waals surface area contributed by atoms with Crippen molar-refractivity contribution in [3.63, 3.8) is 0 Å². The number of anilines is 1. The smallest absolute Gasteiger partial charge is 0.414 e. The lowest BCUT2D eigenvalue weighted by molar-refractivity contribution is 0.0740. The van der Waals surface area contributed by atoms with Crippen molar-refractivity contribution in [2.45, 2.75) is 34.7 Å². The van der Waals surface area contributed by atoms with Gasteiger partial charge in [0.05, 0.1) is 41.5 Å². The van der Waals surface area contributed by atoms with Gasteiger partial charge in [0, 0.05) is 24.5 Å². The number of benzene rings is 2. The third-order valence-corrected chi connectivity index (χ3v) is 9.02. The lowest BCUT2D eigenvalue weighted by atomic mass is 10.1. The first-order valence-electron chi connectivity index (χ1n) is 12.4. The maximum atomic E-state index is 14.1. The number of aromatic nitrogens is 1. The maximum absolute atomic E-state index is 14.1. The number of nitrogens with zero attached hydrogens (tertiary/aromatic N) is 2. The zero-order valence-corrected chi connectivity index (χ0v) is 25.1. The van der Waals surface area contributed by atoms with Gasteiger partial charge in [-0.15, -0.1) is 0 Å². The number of cyclic esters (lactones) is 1. The quantitative estimate of drug-likeness (QED) is 0.284. The van der Waals surface area contributed by atoms with E-state index in [1.54, 1.807) is 12.1 Å². The summed E-state index contributed by atoms with van der Waals surface area (Å²) in [6.45, 7) is 0.915. The van der Waals surface area contributed by atoms with Crippen LogP contribution < -0.4 is 19.9 Å². The van der Waals surface area contributed by atoms with Crippen molar-refractivity contribution in [2.24, 2.45) is 0 Å². The molecule has 9 nitrogen and oxygen atoms in total. The van der Waals surface area contributed by atoms with Crippen molar-refractivity contribution in [1.29, 1.82) is 0 Å². The molecule has 2 aliphatic rings. The number of pyridine rings is 1. The highest BCUT2D eigenvalue weighted by Crippen LogP contribution is 2.45. The van der Waals surface area contributed by atoms with Crippen molar-refractivity contribution in [1.82, 2.24) is 9.88 Å². The number of H-pyrrole nitrogens is 1. The van der Waals surface area contributed by atoms with Crippen molar-refractivity contribution in [3.8, 4) is 11.5 Å². The van der Waals surface area contributed by atoms with Crippen molar-refractivity contribution >= 4 is 64.3 Å². The fourth-order valence-corrected chi connectivity index (χ4v) is 6.52. The van der Waals surface area contributed by atoms with Gasteiger partial charge in [0.25, 0.3) is 11.5 Å². The molecule has 2 aliphatic heterocycles. The first-order chi connectivity index (χ1) is 19.9. The first-order valence-corrected chi connectivity index (χ1v) is 14.4. The van der Waals surface area contributed by atoms with E-state index in [2.05, 4.69) is 0 Å². The van der Waals surface area contributed by atoms with Crippen molar-refractivity contribution in [2.75, 3.05) is 32.3 Å². The Balaban J connectivity index is 1.54. The number of carbonyl (C=O) groups is 2. The van der Waals surface area contributed by atoms with E-state index in [4.69, 9.17) is 49.0 Å². The van der Waals surface area contributed by atoms with Crippen LogP contribution >= 0.6 is 46.6 Å². The minimum atomic E-state index is -3.93. The molecular formula is C27H22Cl3F2N3O6S. The summed E-state index contributed by atoms with van der Waals surface area (Å²) >= 11 is 18.8. The van der Waals surface area contributed by atoms with Gasteiger partial charge in [0.2, 0.25) is 0 Å². The highest BCUT2D eigenvalue weighted by Gasteiger charge is 2.35. The van der Waals surface area contributed by atoms with Crippen LogP contribution in [0.25, 0.3) is 0 Å². The number of ether oxygens (including phenoxy) is 3. The Morgan fingerprint density at radius 1 is 1.07 bits per heavy atom. The van der Waals surface area contributed by atoms with E-state index in [1.165, 1.54) is 36.2 Å². The number of hydrogen-bond acceptors (Lipinski definition) is 7. The number of rotatable bonds is 7. The number of carbonyl (C=O) groups excluding carboxylic acids is 2. The van der Waals surface area contributed by atoms with Gasteiger partial charge < -0.3 is 24.1 Å². The zero-order chi connectivity index (χ0) is 30.3. The molecule has 0 unspecified atom stereocenters. The number of aromatic amines is 1. The van der Waals surface area contributed by atoms with Crippen LogP contribution in [-0.2, 0) is 23.2 Å². The third-order valence-electron chi connectivity index (χ3n) is 6.74. The van der Waals surface area contributed by atoms with E-state index in [9.17, 15) is 23.2 Å². The Hall–Kier alpha value is -3.19. The summed E-state index contributed by atoms with van der Waals surface area (Å²) in [6.07, 6.45) is 0.128. The van der Waals surface area contributed by atoms with E-state index in [0.29, 0.717) is 36.6 Å². The second-order valence-electron chi connectivity index (χ2n) is 9.32. The Morgan fingerprint density at radius 3 is 2.40 bits per heavy atom. The average molecular weight is 661 g/mol. The summed E-state index contributed by atoms with van der Waals surface area (Å²) < 4.78 is 44.1. The standard InChI is InChI=1S/C27H22Cl3F2N3O6S/c1-39-17-5-4-15(28)23(22(17)29)42-19-10-20(27(30,31)32)33-24(36)21(19)25(37)34-11-13-8-16(18(40-2)9-14(13)12-34)35-6-3-7-41-26(35)38/h4-5,8-10H,3,6-7,11-12H2,1-2H3,(H,33,36). The van der Waals surface area contributed by atoms with Crippen LogP contribution in [0.2, 0.25) is 10.0 Å². The number of halogens is 5. The van der Waals surface area contributed by atoms with Crippen LogP contribution in [0, 0.1) is 0 Å². The minimum absolute atomic E-state index is 0.0669. The van der Waals surface area contributed by atoms with Crippen LogP contribution in [0.15, 0.2) is 44.9 Å². The largest absolute Gasteiger partial charge is 0.495 e. The number of methoxy groups -OCH3 is 2. The Bertz CT molecular complexity index is 1650. The molecule has 15 heteroatoms. The second kappa shape index (κ2) is 11.8. The van der Waals surface area contributed by atoms with Crippen molar-refractivity contribution < 1.29 is 32.6 Å². The molecule has 0 radical (unpaired) electrons. The Labute approximate surface area is 257 Å². The summed E-state index contributed by atoms with van der Waals surface area (Å²) in [4.78, 5) is 44.3. The lowest BCUT2D eigenvalue weighted by Crippen LogP contribution is -2.38. The molecule has 0 aliphatic carbocycles. The van der Waals surface area contributed by atoms with Gasteiger partial charge in [-0.1, -0.05) is 35.0 Å². The topological polar surface area (TPSA) is 101 Å². The number of alkyl halides is 3. The van der Waals surface area contributed by atoms with E-state index >= 15 is 0 Å². The van der Waals surface area contributed by atoms with E-state index in [0.717, 1.165) is 23.4 Å². The molecule has 2 aromatic carbocycles. The molecule has 3 heterocycles. The Kier molecular flexibility index (Phi) is 8.53. The number of amides is 2. The SMILES string of the molecule is COc1cc2c(cc1N1CCCOC1=O)CN(C(=O)c1c(Sc3c(Cl)ccc(OC)c3Cl)cc(C(F)(F)Cl)[nH]c1=O)C2. The van der Waals surface area contributed by atoms with Gasteiger partial charge in [-0.3, -0.25) is 14.5 Å². The monoisotopic (exact) mass is 659 g/mol. The zero-order valence-electron chi connectivity index (χ0n) is 22.1. The van der Waals surface area contributed by atoms with Gasteiger partial charge >= 0.3 is 11.5 Å². The highest BCUT2D eigenvalue weighted by atomic mass is 35.5. The maximum Gasteiger partial charge on any atom is 0.414 e. The van der Waals surface area contributed by atoms with Crippen LogP contribution in [0.4, 0.5) is 19.3 Å². The number of fused-ring (bicyclic) bond motifs is 1. The van der Waals surface area contributed by atoms with Gasteiger partial charge in [0.15, 0.2) is 0 Å². The molecule has 0 bridgehead atoms. The van der Waals surface area contributed by atoms with E-state index in [1.807, 2.05) is 4.98 Å². The fourth-order valence-electron chi connectivity index (χ4n) is 4.71. The summed E-state index contributed by atoms with van der Waals surface area (Å²) in [6, 6.07) is 7.38. The van der Waals surface area contributed by atoms with Gasteiger partial charge in [-0.2, -0.15) is 8.78 Å². The van der Waals surface area contributed by atoms with Crippen LogP contribution in [0.5, 0.6) is 11.5 Å². The molecule has 0 saturated carbocycles. The second-order valence-corrected chi connectivity index (χ2v) is 11.6. The molecule has 1 aromatic heterocycles. The van der Waals surface area contributed by atoms with Gasteiger partial charge in [0.1, 0.15) is 22.8 Å². The van der Waals surface area contributed by atoms with E-state index in [-0.39, 0.29) is 38.7 Å². The summed E-state index contributed by atoms with van der Waals surface area (Å²) in [5.41, 5.74) is -0.454. The third kappa shape index (κ3) is 5.72. The molecule has 42 heavy (non-hydrogen) atoms. The molecule has 5 rings (SSSR count).